The molecule has 1 saturated heterocycles. The molecule has 0 radical (unpaired) electrons. The van der Waals surface area contributed by atoms with Gasteiger partial charge in [-0.2, -0.15) is 0 Å². The van der Waals surface area contributed by atoms with Gasteiger partial charge in [-0.15, -0.1) is 0 Å². The number of furan rings is 1. The highest BCUT2D eigenvalue weighted by Gasteiger charge is 2.25. The fourth-order valence-electron chi connectivity index (χ4n) is 4.23. The Hall–Kier alpha value is -2.53. The maximum absolute atomic E-state index is 12.7. The summed E-state index contributed by atoms with van der Waals surface area (Å²) in [5.41, 5.74) is 6.02. The number of nitrogens with one attached hydrogen (secondary N) is 2. The van der Waals surface area contributed by atoms with Crippen LogP contribution in [0.2, 0.25) is 0 Å². The number of carbonyl (C=O) groups excluding carboxylic acids is 1. The summed E-state index contributed by atoms with van der Waals surface area (Å²) in [5.74, 6) is 1.26. The van der Waals surface area contributed by atoms with Crippen molar-refractivity contribution in [1.82, 2.24) is 15.2 Å². The zero-order chi connectivity index (χ0) is 19.7. The van der Waals surface area contributed by atoms with Crippen molar-refractivity contribution in [3.8, 4) is 0 Å². The third-order valence-electron chi connectivity index (χ3n) is 6.01. The average Bonchev–Trinajstić information content (AvgIpc) is 3.29. The number of rotatable bonds is 5. The maximum Gasteiger partial charge on any atom is 0.223 e. The molecule has 0 spiro atoms. The van der Waals surface area contributed by atoms with Crippen LogP contribution in [0, 0.1) is 26.7 Å². The minimum absolute atomic E-state index is 0.0975. The fourth-order valence-corrected chi connectivity index (χ4v) is 4.23. The molecular weight excluding hydrogens is 350 g/mol. The van der Waals surface area contributed by atoms with Gasteiger partial charge in [0, 0.05) is 23.5 Å². The van der Waals surface area contributed by atoms with E-state index >= 15 is 0 Å². The summed E-state index contributed by atoms with van der Waals surface area (Å²) in [6.45, 7) is 9.62. The highest BCUT2D eigenvalue weighted by molar-refractivity contribution is 5.88. The quantitative estimate of drug-likeness (QED) is 0.698. The minimum atomic E-state index is 0.0975. The lowest BCUT2D eigenvalue weighted by Crippen LogP contribution is -2.40. The van der Waals surface area contributed by atoms with Crippen LogP contribution in [0.1, 0.15) is 41.0 Å². The number of carbonyl (C=O) groups is 1. The standard InChI is InChI=1S/C23H29N3O2/c1-15-11-19(22-21(12-15)16(2)17(3)25-22)13-24-23(27)18-6-8-26(9-7-18)14-20-5-4-10-28-20/h4-5,10-12,18,25H,6-9,13-14H2,1-3H3,(H,24,27). The van der Waals surface area contributed by atoms with Crippen molar-refractivity contribution in [1.29, 1.82) is 0 Å². The zero-order valence-electron chi connectivity index (χ0n) is 17.0. The minimum Gasteiger partial charge on any atom is -0.468 e. The summed E-state index contributed by atoms with van der Waals surface area (Å²) in [4.78, 5) is 18.6. The molecule has 5 nitrogen and oxygen atoms in total. The number of nitrogens with zero attached hydrogens (tertiary/aromatic N) is 1. The Labute approximate surface area is 166 Å². The van der Waals surface area contributed by atoms with E-state index in [2.05, 4.69) is 48.1 Å². The molecule has 1 aromatic carbocycles. The van der Waals surface area contributed by atoms with E-state index in [1.54, 1.807) is 6.26 Å². The van der Waals surface area contributed by atoms with Crippen LogP contribution >= 0.6 is 0 Å². The van der Waals surface area contributed by atoms with Crippen LogP contribution in [0.15, 0.2) is 34.9 Å². The molecule has 3 heterocycles. The summed E-state index contributed by atoms with van der Waals surface area (Å²) in [6.07, 6.45) is 3.51. The molecule has 2 N–H and O–H groups in total. The van der Waals surface area contributed by atoms with E-state index in [1.807, 2.05) is 12.1 Å². The molecular formula is C23H29N3O2. The number of amides is 1. The van der Waals surface area contributed by atoms with Gasteiger partial charge in [-0.1, -0.05) is 11.6 Å². The lowest BCUT2D eigenvalue weighted by molar-refractivity contribution is -0.126. The van der Waals surface area contributed by atoms with E-state index in [9.17, 15) is 4.79 Å². The van der Waals surface area contributed by atoms with Crippen LogP contribution in [-0.2, 0) is 17.9 Å². The number of aromatic amines is 1. The SMILES string of the molecule is Cc1cc(CNC(=O)C2CCN(Cc3ccco3)CC2)c2[nH]c(C)c(C)c2c1. The van der Waals surface area contributed by atoms with Crippen molar-refractivity contribution >= 4 is 16.8 Å². The van der Waals surface area contributed by atoms with Crippen molar-refractivity contribution in [3.63, 3.8) is 0 Å². The number of piperidine rings is 1. The highest BCUT2D eigenvalue weighted by atomic mass is 16.3. The third-order valence-corrected chi connectivity index (χ3v) is 6.01. The Morgan fingerprint density at radius 1 is 1.25 bits per heavy atom. The number of aromatic nitrogens is 1. The number of H-pyrrole nitrogens is 1. The first-order valence-corrected chi connectivity index (χ1v) is 10.1. The monoisotopic (exact) mass is 379 g/mol. The largest absolute Gasteiger partial charge is 0.468 e. The van der Waals surface area contributed by atoms with Gasteiger partial charge in [0.05, 0.1) is 18.3 Å². The molecule has 0 unspecified atom stereocenters. The van der Waals surface area contributed by atoms with Crippen molar-refractivity contribution in [2.75, 3.05) is 13.1 Å². The van der Waals surface area contributed by atoms with Gasteiger partial charge < -0.3 is 14.7 Å². The number of hydrogen-bond acceptors (Lipinski definition) is 3. The number of aryl methyl sites for hydroxylation is 3. The first kappa shape index (κ1) is 18.8. The molecule has 4 rings (SSSR count). The second-order valence-corrected chi connectivity index (χ2v) is 8.07. The number of fused-ring (bicyclic) bond motifs is 1. The molecule has 2 aromatic heterocycles. The average molecular weight is 380 g/mol. The molecule has 0 bridgehead atoms. The van der Waals surface area contributed by atoms with Crippen LogP contribution in [0.25, 0.3) is 10.9 Å². The molecule has 1 amide bonds. The van der Waals surface area contributed by atoms with E-state index < -0.39 is 0 Å². The first-order chi connectivity index (χ1) is 13.5. The van der Waals surface area contributed by atoms with Gasteiger partial charge in [-0.3, -0.25) is 9.69 Å². The number of hydrogen-bond donors (Lipinski definition) is 2. The molecule has 1 aliphatic rings. The summed E-state index contributed by atoms with van der Waals surface area (Å²) < 4.78 is 5.43. The van der Waals surface area contributed by atoms with E-state index in [0.29, 0.717) is 6.54 Å². The summed E-state index contributed by atoms with van der Waals surface area (Å²) in [6, 6.07) is 8.31. The first-order valence-electron chi connectivity index (χ1n) is 10.1. The summed E-state index contributed by atoms with van der Waals surface area (Å²) >= 11 is 0. The molecule has 5 heteroatoms. The normalized spacial score (nSPS) is 16.0. The van der Waals surface area contributed by atoms with Crippen molar-refractivity contribution < 1.29 is 9.21 Å². The van der Waals surface area contributed by atoms with Crippen LogP contribution in [0.4, 0.5) is 0 Å². The van der Waals surface area contributed by atoms with Gasteiger partial charge >= 0.3 is 0 Å². The fraction of sp³-hybridized carbons (Fsp3) is 0.435. The van der Waals surface area contributed by atoms with Gasteiger partial charge in [0.1, 0.15) is 5.76 Å². The van der Waals surface area contributed by atoms with Gasteiger partial charge in [-0.25, -0.2) is 0 Å². The Balaban J connectivity index is 1.35. The molecule has 0 atom stereocenters. The van der Waals surface area contributed by atoms with Gasteiger partial charge in [0.15, 0.2) is 0 Å². The van der Waals surface area contributed by atoms with Crippen LogP contribution < -0.4 is 5.32 Å². The van der Waals surface area contributed by atoms with Crippen molar-refractivity contribution in [3.05, 3.63) is 58.7 Å². The molecule has 28 heavy (non-hydrogen) atoms. The molecule has 0 saturated carbocycles. The van der Waals surface area contributed by atoms with Crippen LogP contribution in [0.5, 0.6) is 0 Å². The zero-order valence-corrected chi connectivity index (χ0v) is 17.0. The Kier molecular flexibility index (Phi) is 5.27. The molecule has 148 valence electrons. The van der Waals surface area contributed by atoms with Crippen molar-refractivity contribution in [2.45, 2.75) is 46.7 Å². The Morgan fingerprint density at radius 2 is 2.04 bits per heavy atom. The van der Waals surface area contributed by atoms with Crippen LogP contribution in [0.3, 0.4) is 0 Å². The summed E-state index contributed by atoms with van der Waals surface area (Å²) in [5, 5.41) is 4.44. The van der Waals surface area contributed by atoms with Gasteiger partial charge in [0.25, 0.3) is 0 Å². The van der Waals surface area contributed by atoms with E-state index in [1.165, 1.54) is 22.2 Å². The molecule has 3 aromatic rings. The maximum atomic E-state index is 12.7. The molecule has 1 aliphatic heterocycles. The van der Waals surface area contributed by atoms with Gasteiger partial charge in [0.2, 0.25) is 5.91 Å². The number of benzene rings is 1. The van der Waals surface area contributed by atoms with Crippen molar-refractivity contribution in [2.24, 2.45) is 5.92 Å². The second-order valence-electron chi connectivity index (χ2n) is 8.07. The number of likely N-dealkylation sites (tertiary alicyclic amines) is 1. The van der Waals surface area contributed by atoms with E-state index in [4.69, 9.17) is 4.42 Å². The van der Waals surface area contributed by atoms with E-state index in [0.717, 1.165) is 49.3 Å². The Bertz CT molecular complexity index is 964. The van der Waals surface area contributed by atoms with Crippen LogP contribution in [-0.4, -0.2) is 28.9 Å². The predicted molar refractivity (Wildman–Crippen MR) is 111 cm³/mol. The molecule has 1 fully saturated rings. The highest BCUT2D eigenvalue weighted by Crippen LogP contribution is 2.26. The molecule has 0 aliphatic carbocycles. The third kappa shape index (κ3) is 3.85. The Morgan fingerprint density at radius 3 is 2.75 bits per heavy atom. The topological polar surface area (TPSA) is 61.3 Å². The lowest BCUT2D eigenvalue weighted by atomic mass is 9.95. The summed E-state index contributed by atoms with van der Waals surface area (Å²) in [7, 11) is 0. The van der Waals surface area contributed by atoms with Gasteiger partial charge in [-0.05, 0) is 76.0 Å². The predicted octanol–water partition coefficient (Wildman–Crippen LogP) is 4.21. The van der Waals surface area contributed by atoms with E-state index in [-0.39, 0.29) is 11.8 Å². The second kappa shape index (κ2) is 7.84. The lowest BCUT2D eigenvalue weighted by Gasteiger charge is -2.30. The smallest absolute Gasteiger partial charge is 0.223 e.